The number of hydrogen-bond acceptors (Lipinski definition) is 5. The Morgan fingerprint density at radius 1 is 1.17 bits per heavy atom. The fraction of sp³-hybridized carbons (Fsp3) is 0.636. The molecule has 9 heteroatoms. The second-order valence-electron chi connectivity index (χ2n) is 12.3. The summed E-state index contributed by atoms with van der Waals surface area (Å²) in [5.41, 5.74) is 2.22. The van der Waals surface area contributed by atoms with Crippen LogP contribution in [0.15, 0.2) is 61.0 Å². The first kappa shape index (κ1) is 36.3. The zero-order valence-corrected chi connectivity index (χ0v) is 27.2. The zero-order chi connectivity index (χ0) is 31.5. The average Bonchev–Trinajstić information content (AvgIpc) is 3.68. The minimum absolute atomic E-state index is 0.113. The van der Waals surface area contributed by atoms with Crippen LogP contribution in [-0.4, -0.2) is 72.9 Å². The van der Waals surface area contributed by atoms with Crippen LogP contribution < -0.4 is 5.32 Å². The third-order valence-corrected chi connectivity index (χ3v) is 10.3. The molecule has 238 valence electrons. The van der Waals surface area contributed by atoms with Crippen molar-refractivity contribution in [2.24, 2.45) is 5.41 Å². The van der Waals surface area contributed by atoms with Crippen LogP contribution in [0.25, 0.3) is 0 Å². The van der Waals surface area contributed by atoms with Crippen LogP contribution in [0.5, 0.6) is 0 Å². The summed E-state index contributed by atoms with van der Waals surface area (Å²) in [6, 6.07) is 8.47. The van der Waals surface area contributed by atoms with Crippen molar-refractivity contribution in [3.05, 3.63) is 72.1 Å². The van der Waals surface area contributed by atoms with Crippen molar-refractivity contribution in [2.45, 2.75) is 110 Å². The number of aliphatic hydroxyl groups excluding tert-OH is 1. The molecule has 2 aliphatic heterocycles. The highest BCUT2D eigenvalue weighted by molar-refractivity contribution is 7.88. The van der Waals surface area contributed by atoms with E-state index in [0.717, 1.165) is 62.2 Å². The van der Waals surface area contributed by atoms with Gasteiger partial charge in [0.25, 0.3) is 0 Å². The monoisotopic (exact) mass is 609 g/mol. The van der Waals surface area contributed by atoms with Gasteiger partial charge in [0, 0.05) is 43.2 Å². The molecule has 3 fully saturated rings. The van der Waals surface area contributed by atoms with E-state index in [1.807, 2.05) is 45.0 Å². The molecule has 0 aromatic heterocycles. The Labute approximate surface area is 253 Å². The maximum Gasteiger partial charge on any atom is 0.218 e. The van der Waals surface area contributed by atoms with Gasteiger partial charge in [0.2, 0.25) is 10.0 Å². The minimum atomic E-state index is -3.21. The maximum atomic E-state index is 12.6. The van der Waals surface area contributed by atoms with Crippen molar-refractivity contribution < 1.29 is 22.3 Å². The molecule has 3 aliphatic rings. The van der Waals surface area contributed by atoms with E-state index in [-0.39, 0.29) is 29.5 Å². The van der Waals surface area contributed by atoms with Gasteiger partial charge in [-0.15, -0.1) is 0 Å². The van der Waals surface area contributed by atoms with E-state index in [9.17, 15) is 22.3 Å². The van der Waals surface area contributed by atoms with Gasteiger partial charge >= 0.3 is 0 Å². The molecule has 2 heterocycles. The van der Waals surface area contributed by atoms with Crippen LogP contribution in [0, 0.1) is 12.3 Å². The molecule has 0 amide bonds. The standard InChI is InChI=1S/C15H23NO2S.C10H20N2O.C8H10F2/c1-12-7-9-15(10-8-12)11-19(17,18)16-13(2)5-4-6-14(16)3;1-8-7-11-5-6-12(8)9(13)10(2)3-4-10;1-3-8(10)6-4-5-7(2)9/h7-10,13-14H,4-6,11H2,1-3H3;8-9,11,13H,3-7H2,1-2H3;3-7H,1H2,2H3/b;;5-4-,8-6+/t;;7-/m..0/s1. The number of aliphatic hydroxyl groups is 1. The fourth-order valence-corrected chi connectivity index (χ4v) is 7.43. The molecule has 1 aromatic rings. The van der Waals surface area contributed by atoms with Crippen LogP contribution >= 0.6 is 0 Å². The second kappa shape index (κ2) is 16.8. The summed E-state index contributed by atoms with van der Waals surface area (Å²) in [4.78, 5) is 2.24. The molecule has 42 heavy (non-hydrogen) atoms. The van der Waals surface area contributed by atoms with Crippen molar-refractivity contribution in [3.63, 3.8) is 0 Å². The number of nitrogens with one attached hydrogen (secondary N) is 1. The van der Waals surface area contributed by atoms with Gasteiger partial charge < -0.3 is 10.4 Å². The summed E-state index contributed by atoms with van der Waals surface area (Å²) >= 11 is 0. The van der Waals surface area contributed by atoms with Gasteiger partial charge in [0.1, 0.15) is 18.2 Å². The van der Waals surface area contributed by atoms with Gasteiger partial charge in [-0.3, -0.25) is 4.90 Å². The Bertz CT molecular complexity index is 1120. The van der Waals surface area contributed by atoms with Gasteiger partial charge in [-0.25, -0.2) is 17.2 Å². The van der Waals surface area contributed by atoms with Gasteiger partial charge in [0.15, 0.2) is 0 Å². The number of sulfonamides is 1. The molecular formula is C33H53F2N3O3S. The number of piperidine rings is 1. The van der Waals surface area contributed by atoms with Crippen molar-refractivity contribution in [3.8, 4) is 0 Å². The van der Waals surface area contributed by atoms with Crippen LogP contribution in [0.1, 0.15) is 77.8 Å². The number of halogens is 2. The fourth-order valence-electron chi connectivity index (χ4n) is 5.36. The summed E-state index contributed by atoms with van der Waals surface area (Å²) in [7, 11) is -3.21. The molecule has 2 N–H and O–H groups in total. The lowest BCUT2D eigenvalue weighted by molar-refractivity contribution is -0.0723. The minimum Gasteiger partial charge on any atom is -0.378 e. The highest BCUT2D eigenvalue weighted by Gasteiger charge is 2.47. The summed E-state index contributed by atoms with van der Waals surface area (Å²) in [6.45, 7) is 18.0. The Balaban J connectivity index is 0.000000234. The van der Waals surface area contributed by atoms with E-state index < -0.39 is 22.0 Å². The number of allylic oxidation sites excluding steroid dienone is 5. The number of piperazine rings is 1. The molecule has 1 aliphatic carbocycles. The van der Waals surface area contributed by atoms with Gasteiger partial charge in [-0.05, 0) is 78.0 Å². The Kier molecular flexibility index (Phi) is 14.5. The third-order valence-electron chi connectivity index (χ3n) is 8.26. The summed E-state index contributed by atoms with van der Waals surface area (Å²) in [5, 5.41) is 13.5. The van der Waals surface area contributed by atoms with Crippen molar-refractivity contribution in [1.29, 1.82) is 0 Å². The molecule has 2 saturated heterocycles. The SMILES string of the molecule is C=C/C(F)=C\C=C/[C@H](C)F.CC1CNCCN1C(O)C1(C)CC1.Cc1ccc(CS(=O)(=O)N2C(C)CCCC2C)cc1. The van der Waals surface area contributed by atoms with Crippen molar-refractivity contribution >= 4 is 10.0 Å². The molecule has 0 bridgehead atoms. The largest absolute Gasteiger partial charge is 0.378 e. The van der Waals surface area contributed by atoms with Crippen molar-refractivity contribution in [1.82, 2.24) is 14.5 Å². The molecule has 0 radical (unpaired) electrons. The number of alkyl halides is 1. The molecule has 0 spiro atoms. The Morgan fingerprint density at radius 3 is 2.26 bits per heavy atom. The molecule has 1 saturated carbocycles. The van der Waals surface area contributed by atoms with Crippen molar-refractivity contribution in [2.75, 3.05) is 19.6 Å². The van der Waals surface area contributed by atoms with Gasteiger partial charge in [0.05, 0.1) is 5.75 Å². The van der Waals surface area contributed by atoms with E-state index >= 15 is 0 Å². The topological polar surface area (TPSA) is 72.9 Å². The maximum absolute atomic E-state index is 12.6. The molecule has 4 rings (SSSR count). The lowest BCUT2D eigenvalue weighted by Gasteiger charge is -2.39. The number of aryl methyl sites for hydroxylation is 1. The quantitative estimate of drug-likeness (QED) is 0.333. The highest BCUT2D eigenvalue weighted by Crippen LogP contribution is 2.49. The third kappa shape index (κ3) is 11.6. The highest BCUT2D eigenvalue weighted by atomic mass is 32.2. The lowest BCUT2D eigenvalue weighted by atomic mass is 10.0. The number of benzene rings is 1. The molecule has 6 nitrogen and oxygen atoms in total. The van der Waals surface area contributed by atoms with E-state index in [1.165, 1.54) is 31.9 Å². The smallest absolute Gasteiger partial charge is 0.218 e. The first-order chi connectivity index (χ1) is 19.7. The summed E-state index contributed by atoms with van der Waals surface area (Å²) in [6.07, 6.45) is 8.98. The van der Waals surface area contributed by atoms with E-state index in [1.54, 1.807) is 4.31 Å². The van der Waals surface area contributed by atoms with E-state index in [2.05, 4.69) is 30.6 Å². The molecule has 4 unspecified atom stereocenters. The number of hydrogen-bond donors (Lipinski definition) is 2. The number of rotatable bonds is 8. The van der Waals surface area contributed by atoms with Crippen LogP contribution in [0.4, 0.5) is 8.78 Å². The molecular weight excluding hydrogens is 556 g/mol. The lowest BCUT2D eigenvalue weighted by Crippen LogP contribution is -2.56. The first-order valence-corrected chi connectivity index (χ1v) is 16.8. The van der Waals surface area contributed by atoms with E-state index in [0.29, 0.717) is 6.04 Å². The summed E-state index contributed by atoms with van der Waals surface area (Å²) < 4.78 is 51.0. The average molecular weight is 610 g/mol. The molecule has 1 aromatic carbocycles. The van der Waals surface area contributed by atoms with Crippen LogP contribution in [0.3, 0.4) is 0 Å². The molecule has 5 atom stereocenters. The van der Waals surface area contributed by atoms with Gasteiger partial charge in [-0.1, -0.05) is 61.9 Å². The normalized spacial score (nSPS) is 26.3. The predicted molar refractivity (Wildman–Crippen MR) is 170 cm³/mol. The summed E-state index contributed by atoms with van der Waals surface area (Å²) in [5.74, 6) is -0.348. The second-order valence-corrected chi connectivity index (χ2v) is 14.2. The zero-order valence-electron chi connectivity index (χ0n) is 26.4. The van der Waals surface area contributed by atoms with E-state index in [4.69, 9.17) is 0 Å². The Morgan fingerprint density at radius 2 is 1.76 bits per heavy atom. The number of nitrogens with zero attached hydrogens (tertiary/aromatic N) is 2. The van der Waals surface area contributed by atoms with Crippen LogP contribution in [-0.2, 0) is 15.8 Å². The first-order valence-electron chi connectivity index (χ1n) is 15.2. The predicted octanol–water partition coefficient (Wildman–Crippen LogP) is 6.43. The van der Waals surface area contributed by atoms with Crippen LogP contribution in [0.2, 0.25) is 0 Å². The Hall–Kier alpha value is -1.91. The van der Waals surface area contributed by atoms with Gasteiger partial charge in [-0.2, -0.15) is 4.31 Å².